The Morgan fingerprint density at radius 2 is 1.91 bits per heavy atom. The number of nitrogens with one attached hydrogen (secondary N) is 1. The maximum atomic E-state index is 12.0. The van der Waals surface area contributed by atoms with Gasteiger partial charge in [-0.25, -0.2) is 4.98 Å². The highest BCUT2D eigenvalue weighted by atomic mass is 35.5. The van der Waals surface area contributed by atoms with Gasteiger partial charge in [0.2, 0.25) is 5.89 Å². The van der Waals surface area contributed by atoms with Crippen molar-refractivity contribution in [1.29, 1.82) is 0 Å². The molecule has 0 aliphatic carbocycles. The topological polar surface area (TPSA) is 93.8 Å². The number of rotatable bonds is 3. The highest BCUT2D eigenvalue weighted by Gasteiger charge is 2.13. The molecular formula is C14H10ClN5O2. The Morgan fingerprint density at radius 1 is 1.14 bits per heavy atom. The number of hydrogen-bond acceptors (Lipinski definition) is 6. The number of amides is 1. The average Bonchev–Trinajstić information content (AvgIpc) is 2.97. The lowest BCUT2D eigenvalue weighted by Gasteiger charge is -1.99. The van der Waals surface area contributed by atoms with Crippen LogP contribution in [0, 0.1) is 6.92 Å². The minimum atomic E-state index is -0.473. The first-order valence-corrected chi connectivity index (χ1v) is 6.69. The molecule has 0 bridgehead atoms. The van der Waals surface area contributed by atoms with Crippen molar-refractivity contribution in [2.24, 2.45) is 0 Å². The summed E-state index contributed by atoms with van der Waals surface area (Å²) in [5.41, 5.74) is 1.59. The van der Waals surface area contributed by atoms with Gasteiger partial charge in [0.25, 0.3) is 5.91 Å². The largest absolute Gasteiger partial charge is 0.403 e. The van der Waals surface area contributed by atoms with Crippen LogP contribution in [0.5, 0.6) is 0 Å². The number of aryl methyl sites for hydroxylation is 1. The van der Waals surface area contributed by atoms with Gasteiger partial charge in [-0.15, -0.1) is 5.10 Å². The van der Waals surface area contributed by atoms with E-state index in [1.54, 1.807) is 31.2 Å². The van der Waals surface area contributed by atoms with Crippen molar-refractivity contribution in [3.05, 3.63) is 53.1 Å². The predicted molar refractivity (Wildman–Crippen MR) is 79.5 cm³/mol. The van der Waals surface area contributed by atoms with Gasteiger partial charge in [0.05, 0.1) is 11.9 Å². The van der Waals surface area contributed by atoms with E-state index in [1.807, 2.05) is 0 Å². The maximum absolute atomic E-state index is 12.0. The van der Waals surface area contributed by atoms with Crippen LogP contribution < -0.4 is 5.32 Å². The summed E-state index contributed by atoms with van der Waals surface area (Å²) < 4.78 is 5.38. The van der Waals surface area contributed by atoms with Gasteiger partial charge in [0, 0.05) is 16.8 Å². The molecule has 3 rings (SSSR count). The van der Waals surface area contributed by atoms with E-state index in [2.05, 4.69) is 25.5 Å². The van der Waals surface area contributed by atoms with Gasteiger partial charge < -0.3 is 4.42 Å². The van der Waals surface area contributed by atoms with Gasteiger partial charge in [-0.3, -0.25) is 15.1 Å². The lowest BCUT2D eigenvalue weighted by atomic mass is 10.2. The van der Waals surface area contributed by atoms with Crippen LogP contribution in [-0.4, -0.2) is 26.1 Å². The molecule has 0 aliphatic heterocycles. The minimum Gasteiger partial charge on any atom is -0.403 e. The molecule has 1 amide bonds. The lowest BCUT2D eigenvalue weighted by Crippen LogP contribution is -2.14. The Kier molecular flexibility index (Phi) is 3.80. The van der Waals surface area contributed by atoms with E-state index in [-0.39, 0.29) is 17.6 Å². The molecule has 0 unspecified atom stereocenters. The molecule has 0 saturated carbocycles. The third kappa shape index (κ3) is 3.09. The molecule has 110 valence electrons. The van der Waals surface area contributed by atoms with Crippen LogP contribution in [0.25, 0.3) is 11.5 Å². The number of hydrogen-bond donors (Lipinski definition) is 1. The summed E-state index contributed by atoms with van der Waals surface area (Å²) in [7, 11) is 0. The van der Waals surface area contributed by atoms with E-state index in [0.717, 1.165) is 5.69 Å². The van der Waals surface area contributed by atoms with Gasteiger partial charge in [-0.05, 0) is 31.2 Å². The molecule has 0 radical (unpaired) electrons. The second-order valence-corrected chi connectivity index (χ2v) is 4.85. The van der Waals surface area contributed by atoms with Crippen LogP contribution in [0.3, 0.4) is 0 Å². The normalized spacial score (nSPS) is 10.5. The van der Waals surface area contributed by atoms with Crippen molar-refractivity contribution in [2.75, 3.05) is 5.32 Å². The summed E-state index contributed by atoms with van der Waals surface area (Å²) in [6.07, 6.45) is 2.88. The SMILES string of the molecule is Cc1cnc(C(=O)Nc2nnc(-c3ccc(Cl)cc3)o2)cn1. The minimum absolute atomic E-state index is 0.0164. The monoisotopic (exact) mass is 315 g/mol. The predicted octanol–water partition coefficient (Wildman–Crippen LogP) is 2.74. The van der Waals surface area contributed by atoms with Crippen molar-refractivity contribution in [2.45, 2.75) is 6.92 Å². The summed E-state index contributed by atoms with van der Waals surface area (Å²) in [6.45, 7) is 1.78. The summed E-state index contributed by atoms with van der Waals surface area (Å²) in [4.78, 5) is 19.9. The van der Waals surface area contributed by atoms with Crippen molar-refractivity contribution >= 4 is 23.5 Å². The molecule has 2 heterocycles. The lowest BCUT2D eigenvalue weighted by molar-refractivity contribution is 0.101. The molecule has 1 aromatic carbocycles. The average molecular weight is 316 g/mol. The third-order valence-corrected chi connectivity index (χ3v) is 3.00. The van der Waals surface area contributed by atoms with Crippen LogP contribution in [-0.2, 0) is 0 Å². The van der Waals surface area contributed by atoms with E-state index >= 15 is 0 Å². The smallest absolute Gasteiger partial charge is 0.322 e. The molecule has 0 aliphatic rings. The summed E-state index contributed by atoms with van der Waals surface area (Å²) >= 11 is 5.82. The van der Waals surface area contributed by atoms with Gasteiger partial charge in [-0.1, -0.05) is 16.7 Å². The molecular weight excluding hydrogens is 306 g/mol. The third-order valence-electron chi connectivity index (χ3n) is 2.75. The van der Waals surface area contributed by atoms with Crippen LogP contribution in [0.1, 0.15) is 16.2 Å². The molecule has 3 aromatic rings. The molecule has 1 N–H and O–H groups in total. The Morgan fingerprint density at radius 3 is 2.59 bits per heavy atom. The Hall–Kier alpha value is -2.80. The molecule has 2 aromatic heterocycles. The number of halogens is 1. The Labute approximate surface area is 130 Å². The first-order valence-electron chi connectivity index (χ1n) is 6.31. The first kappa shape index (κ1) is 14.2. The van der Waals surface area contributed by atoms with Crippen molar-refractivity contribution in [3.8, 4) is 11.5 Å². The Balaban J connectivity index is 1.75. The van der Waals surface area contributed by atoms with Crippen molar-refractivity contribution < 1.29 is 9.21 Å². The maximum Gasteiger partial charge on any atom is 0.322 e. The number of carbonyl (C=O) groups excluding carboxylic acids is 1. The fourth-order valence-corrected chi connectivity index (χ4v) is 1.78. The number of nitrogens with zero attached hydrogens (tertiary/aromatic N) is 4. The molecule has 22 heavy (non-hydrogen) atoms. The van der Waals surface area contributed by atoms with E-state index in [9.17, 15) is 4.79 Å². The number of anilines is 1. The van der Waals surface area contributed by atoms with Crippen LogP contribution in [0.4, 0.5) is 6.01 Å². The van der Waals surface area contributed by atoms with Gasteiger partial charge >= 0.3 is 6.01 Å². The summed E-state index contributed by atoms with van der Waals surface area (Å²) in [6, 6.07) is 6.89. The van der Waals surface area contributed by atoms with Crippen molar-refractivity contribution in [3.63, 3.8) is 0 Å². The molecule has 0 atom stereocenters. The van der Waals surface area contributed by atoms with Gasteiger partial charge in [0.1, 0.15) is 5.69 Å². The van der Waals surface area contributed by atoms with E-state index in [0.29, 0.717) is 10.6 Å². The highest BCUT2D eigenvalue weighted by molar-refractivity contribution is 6.30. The van der Waals surface area contributed by atoms with Crippen LogP contribution in [0.15, 0.2) is 41.1 Å². The van der Waals surface area contributed by atoms with E-state index < -0.39 is 5.91 Å². The van der Waals surface area contributed by atoms with E-state index in [1.165, 1.54) is 12.4 Å². The quantitative estimate of drug-likeness (QED) is 0.798. The zero-order valence-electron chi connectivity index (χ0n) is 11.4. The van der Waals surface area contributed by atoms with E-state index in [4.69, 9.17) is 16.0 Å². The zero-order chi connectivity index (χ0) is 15.5. The first-order chi connectivity index (χ1) is 10.6. The van der Waals surface area contributed by atoms with Crippen LogP contribution in [0.2, 0.25) is 5.02 Å². The van der Waals surface area contributed by atoms with Crippen molar-refractivity contribution in [1.82, 2.24) is 20.2 Å². The summed E-state index contributed by atoms with van der Waals surface area (Å²) in [5.74, 6) is -0.194. The number of carbonyl (C=O) groups is 1. The fraction of sp³-hybridized carbons (Fsp3) is 0.0714. The highest BCUT2D eigenvalue weighted by Crippen LogP contribution is 2.21. The Bertz CT molecular complexity index is 799. The number of benzene rings is 1. The molecule has 7 nitrogen and oxygen atoms in total. The zero-order valence-corrected chi connectivity index (χ0v) is 12.2. The second-order valence-electron chi connectivity index (χ2n) is 4.42. The molecule has 0 fully saturated rings. The standard InChI is InChI=1S/C14H10ClN5O2/c1-8-6-17-11(7-16-8)12(21)18-14-20-19-13(22-14)9-2-4-10(15)5-3-9/h2-7H,1H3,(H,18,20,21). The molecule has 8 heteroatoms. The van der Waals surface area contributed by atoms with Gasteiger partial charge in [-0.2, -0.15) is 0 Å². The number of aromatic nitrogens is 4. The second kappa shape index (κ2) is 5.90. The summed E-state index contributed by atoms with van der Waals surface area (Å²) in [5, 5.41) is 10.7. The fourth-order valence-electron chi connectivity index (χ4n) is 1.65. The van der Waals surface area contributed by atoms with Crippen LogP contribution >= 0.6 is 11.6 Å². The molecule has 0 spiro atoms. The molecule has 0 saturated heterocycles. The van der Waals surface area contributed by atoms with Gasteiger partial charge in [0.15, 0.2) is 0 Å².